The van der Waals surface area contributed by atoms with Crippen LogP contribution in [0.2, 0.25) is 10.0 Å². The van der Waals surface area contributed by atoms with Gasteiger partial charge in [0, 0.05) is 19.3 Å². The number of nitrogens with two attached hydrogens (primary N) is 1. The third kappa shape index (κ3) is 3.76. The summed E-state index contributed by atoms with van der Waals surface area (Å²) in [6.45, 7) is 1.82. The minimum absolute atomic E-state index is 0.0854. The number of carbonyl (C=O) groups is 1. The molecule has 0 aliphatic heterocycles. The lowest BCUT2D eigenvalue weighted by molar-refractivity contribution is -0.121. The highest BCUT2D eigenvalue weighted by Crippen LogP contribution is 2.33. The fraction of sp³-hybridized carbons (Fsp3) is 0.364. The molecule has 3 N–H and O–H groups in total. The number of hydrogen-bond acceptors (Lipinski definition) is 4. The summed E-state index contributed by atoms with van der Waals surface area (Å²) < 4.78 is 25.6. The van der Waals surface area contributed by atoms with Crippen LogP contribution in [0.25, 0.3) is 0 Å². The summed E-state index contributed by atoms with van der Waals surface area (Å²) in [5.74, 6) is -0.415. The number of nitrogens with one attached hydrogen (secondary N) is 1. The molecule has 0 heterocycles. The van der Waals surface area contributed by atoms with Gasteiger partial charge in [0.05, 0.1) is 16.6 Å². The molecule has 0 saturated heterocycles. The molecule has 0 saturated carbocycles. The van der Waals surface area contributed by atoms with Gasteiger partial charge in [0.15, 0.2) is 0 Å². The number of rotatable bonds is 5. The highest BCUT2D eigenvalue weighted by molar-refractivity contribution is 7.89. The first kappa shape index (κ1) is 17.0. The molecule has 0 fully saturated rings. The van der Waals surface area contributed by atoms with Gasteiger partial charge in [-0.2, -0.15) is 4.31 Å². The van der Waals surface area contributed by atoms with Crippen LogP contribution >= 0.6 is 23.2 Å². The summed E-state index contributed by atoms with van der Waals surface area (Å²) in [4.78, 5) is 11.2. The molecule has 0 aromatic heterocycles. The Labute approximate surface area is 127 Å². The number of benzene rings is 1. The molecule has 1 amide bonds. The lowest BCUT2D eigenvalue weighted by Gasteiger charge is -2.18. The van der Waals surface area contributed by atoms with E-state index in [0.29, 0.717) is 6.54 Å². The van der Waals surface area contributed by atoms with Gasteiger partial charge in [-0.15, -0.1) is 0 Å². The van der Waals surface area contributed by atoms with Gasteiger partial charge in [0.25, 0.3) is 0 Å². The minimum atomic E-state index is -3.98. The third-order valence-electron chi connectivity index (χ3n) is 2.43. The number of likely N-dealkylation sites (N-methyl/N-ethyl adjacent to an activating group) is 2. The maximum absolute atomic E-state index is 12.4. The van der Waals surface area contributed by atoms with E-state index in [-0.39, 0.29) is 27.2 Å². The number of carbonyl (C=O) groups excluding carboxylic acids is 1. The minimum Gasteiger partial charge on any atom is -0.399 e. The Morgan fingerprint density at radius 1 is 1.35 bits per heavy atom. The van der Waals surface area contributed by atoms with Crippen LogP contribution in [0.15, 0.2) is 17.0 Å². The smallest absolute Gasteiger partial charge is 0.246 e. The molecule has 20 heavy (non-hydrogen) atoms. The zero-order valence-electron chi connectivity index (χ0n) is 11.0. The topological polar surface area (TPSA) is 92.5 Å². The quantitative estimate of drug-likeness (QED) is 0.791. The summed E-state index contributed by atoms with van der Waals surface area (Å²) in [7, 11) is -2.71. The molecule has 0 aliphatic rings. The maximum atomic E-state index is 12.4. The van der Waals surface area contributed by atoms with E-state index in [1.165, 1.54) is 19.2 Å². The van der Waals surface area contributed by atoms with Crippen molar-refractivity contribution in [2.45, 2.75) is 11.8 Å². The van der Waals surface area contributed by atoms with Gasteiger partial charge >= 0.3 is 0 Å². The van der Waals surface area contributed by atoms with Gasteiger partial charge in [0.1, 0.15) is 4.90 Å². The molecule has 0 unspecified atom stereocenters. The van der Waals surface area contributed by atoms with E-state index in [0.717, 1.165) is 4.31 Å². The zero-order valence-corrected chi connectivity index (χ0v) is 13.3. The predicted molar refractivity (Wildman–Crippen MR) is 79.4 cm³/mol. The normalized spacial score (nSPS) is 11.7. The van der Waals surface area contributed by atoms with Crippen molar-refractivity contribution >= 4 is 44.8 Å². The van der Waals surface area contributed by atoms with Crippen LogP contribution in [0, 0.1) is 0 Å². The Morgan fingerprint density at radius 3 is 2.30 bits per heavy atom. The lowest BCUT2D eigenvalue weighted by atomic mass is 10.3. The number of amides is 1. The summed E-state index contributed by atoms with van der Waals surface area (Å²) >= 11 is 11.8. The molecule has 1 aromatic rings. The first-order valence-corrected chi connectivity index (χ1v) is 7.87. The predicted octanol–water partition coefficient (Wildman–Crippen LogP) is 1.33. The van der Waals surface area contributed by atoms with E-state index in [2.05, 4.69) is 5.32 Å². The standard InChI is InChI=1S/C11H15Cl2N3O3S/c1-3-15-10(17)6-16(2)20(18,19)11-8(12)4-7(14)5-9(11)13/h4-5H,3,6,14H2,1-2H3,(H,15,17). The molecule has 9 heteroatoms. The first-order chi connectivity index (χ1) is 9.20. The highest BCUT2D eigenvalue weighted by atomic mass is 35.5. The summed E-state index contributed by atoms with van der Waals surface area (Å²) in [6.07, 6.45) is 0. The molecule has 0 atom stereocenters. The van der Waals surface area contributed by atoms with Crippen LogP contribution in [0.3, 0.4) is 0 Å². The Morgan fingerprint density at radius 2 is 1.85 bits per heavy atom. The Balaban J connectivity index is 3.14. The fourth-order valence-electron chi connectivity index (χ4n) is 1.52. The van der Waals surface area contributed by atoms with Crippen molar-refractivity contribution in [3.8, 4) is 0 Å². The molecular weight excluding hydrogens is 325 g/mol. The zero-order chi connectivity index (χ0) is 15.5. The van der Waals surface area contributed by atoms with Crippen LogP contribution in [0.5, 0.6) is 0 Å². The maximum Gasteiger partial charge on any atom is 0.246 e. The van der Waals surface area contributed by atoms with Gasteiger partial charge in [-0.1, -0.05) is 23.2 Å². The molecule has 0 bridgehead atoms. The Hall–Kier alpha value is -1.02. The van der Waals surface area contributed by atoms with Crippen LogP contribution in [0.1, 0.15) is 6.92 Å². The number of anilines is 1. The van der Waals surface area contributed by atoms with E-state index in [1.807, 2.05) is 0 Å². The second kappa shape index (κ2) is 6.62. The van der Waals surface area contributed by atoms with Gasteiger partial charge in [-0.3, -0.25) is 4.79 Å². The monoisotopic (exact) mass is 339 g/mol. The van der Waals surface area contributed by atoms with Crippen LogP contribution < -0.4 is 11.1 Å². The van der Waals surface area contributed by atoms with Gasteiger partial charge in [-0.05, 0) is 19.1 Å². The molecule has 0 aliphatic carbocycles. The van der Waals surface area contributed by atoms with Gasteiger partial charge < -0.3 is 11.1 Å². The van der Waals surface area contributed by atoms with Crippen molar-refractivity contribution in [2.24, 2.45) is 0 Å². The summed E-state index contributed by atoms with van der Waals surface area (Å²) in [6, 6.07) is 2.58. The number of nitrogen functional groups attached to an aromatic ring is 1. The largest absolute Gasteiger partial charge is 0.399 e. The average molecular weight is 340 g/mol. The third-order valence-corrected chi connectivity index (χ3v) is 5.15. The number of hydrogen-bond donors (Lipinski definition) is 2. The highest BCUT2D eigenvalue weighted by Gasteiger charge is 2.28. The first-order valence-electron chi connectivity index (χ1n) is 5.67. The van der Waals surface area contributed by atoms with Gasteiger partial charge in [-0.25, -0.2) is 8.42 Å². The van der Waals surface area contributed by atoms with E-state index in [4.69, 9.17) is 28.9 Å². The van der Waals surface area contributed by atoms with Crippen molar-refractivity contribution in [3.63, 3.8) is 0 Å². The van der Waals surface area contributed by atoms with Crippen molar-refractivity contribution in [3.05, 3.63) is 22.2 Å². The van der Waals surface area contributed by atoms with Crippen molar-refractivity contribution < 1.29 is 13.2 Å². The van der Waals surface area contributed by atoms with Gasteiger partial charge in [0.2, 0.25) is 15.9 Å². The van der Waals surface area contributed by atoms with Crippen molar-refractivity contribution in [1.29, 1.82) is 0 Å². The number of halogens is 2. The van der Waals surface area contributed by atoms with E-state index in [9.17, 15) is 13.2 Å². The molecule has 0 spiro atoms. The summed E-state index contributed by atoms with van der Waals surface area (Å²) in [5.41, 5.74) is 5.78. The molecular formula is C11H15Cl2N3O3S. The molecule has 0 radical (unpaired) electrons. The lowest BCUT2D eigenvalue weighted by Crippen LogP contribution is -2.38. The Bertz CT molecular complexity index is 596. The van der Waals surface area contributed by atoms with Crippen molar-refractivity contribution in [1.82, 2.24) is 9.62 Å². The SMILES string of the molecule is CCNC(=O)CN(C)S(=O)(=O)c1c(Cl)cc(N)cc1Cl. The van der Waals surface area contributed by atoms with E-state index < -0.39 is 15.9 Å². The molecule has 112 valence electrons. The Kier molecular flexibility index (Phi) is 5.64. The molecule has 6 nitrogen and oxygen atoms in total. The van der Waals surface area contributed by atoms with Crippen molar-refractivity contribution in [2.75, 3.05) is 25.9 Å². The van der Waals surface area contributed by atoms with E-state index in [1.54, 1.807) is 6.92 Å². The van der Waals surface area contributed by atoms with Crippen LogP contribution in [-0.2, 0) is 14.8 Å². The fourth-order valence-corrected chi connectivity index (χ4v) is 3.82. The summed E-state index contributed by atoms with van der Waals surface area (Å²) in [5, 5.41) is 2.34. The number of sulfonamides is 1. The van der Waals surface area contributed by atoms with Crippen LogP contribution in [-0.4, -0.2) is 38.8 Å². The second-order valence-corrected chi connectivity index (χ2v) is 6.82. The average Bonchev–Trinajstić information content (AvgIpc) is 2.26. The molecule has 1 aromatic carbocycles. The number of nitrogens with zero attached hydrogens (tertiary/aromatic N) is 1. The van der Waals surface area contributed by atoms with Crippen LogP contribution in [0.4, 0.5) is 5.69 Å². The van der Waals surface area contributed by atoms with E-state index >= 15 is 0 Å². The molecule has 1 rings (SSSR count). The second-order valence-electron chi connectivity index (χ2n) is 4.03.